The van der Waals surface area contributed by atoms with E-state index in [4.69, 9.17) is 4.74 Å². The molecule has 0 bridgehead atoms. The minimum Gasteiger partial charge on any atom is -0.497 e. The number of thiazole rings is 1. The number of amides is 1. The summed E-state index contributed by atoms with van der Waals surface area (Å²) in [4.78, 5) is 21.2. The van der Waals surface area contributed by atoms with Gasteiger partial charge in [0.15, 0.2) is 5.13 Å². The first-order valence-corrected chi connectivity index (χ1v) is 8.32. The van der Waals surface area contributed by atoms with Crippen LogP contribution in [0.5, 0.6) is 5.75 Å². The van der Waals surface area contributed by atoms with E-state index in [9.17, 15) is 4.79 Å². The number of fused-ring (bicyclic) bond motifs is 1. The highest BCUT2D eigenvalue weighted by molar-refractivity contribution is 7.14. The summed E-state index contributed by atoms with van der Waals surface area (Å²) >= 11 is 1.46. The Kier molecular flexibility index (Phi) is 3.46. The fraction of sp³-hybridized carbons (Fsp3) is 0.235. The van der Waals surface area contributed by atoms with E-state index in [1.54, 1.807) is 13.2 Å². The van der Waals surface area contributed by atoms with Crippen molar-refractivity contribution in [2.24, 2.45) is 0 Å². The first-order valence-electron chi connectivity index (χ1n) is 7.44. The van der Waals surface area contributed by atoms with E-state index in [0.29, 0.717) is 16.7 Å². The lowest BCUT2D eigenvalue weighted by Gasteiger charge is -2.05. The predicted molar refractivity (Wildman–Crippen MR) is 90.3 cm³/mol. The Morgan fingerprint density at radius 3 is 2.91 bits per heavy atom. The number of aromatic nitrogens is 2. The third-order valence-corrected chi connectivity index (χ3v) is 4.64. The van der Waals surface area contributed by atoms with Crippen LogP contribution < -0.4 is 10.1 Å². The summed E-state index contributed by atoms with van der Waals surface area (Å²) in [7, 11) is 1.63. The van der Waals surface area contributed by atoms with E-state index < -0.39 is 0 Å². The smallest absolute Gasteiger partial charge is 0.276 e. The molecular formula is C17H15N3O2S. The molecule has 0 aliphatic heterocycles. The van der Waals surface area contributed by atoms with Crippen molar-refractivity contribution in [2.45, 2.75) is 18.8 Å². The standard InChI is InChI=1S/C17H15N3O2S/c1-22-12-5-7-13-11(8-12)4-6-14(18-13)16(21)20-17-19-15(9-23-17)10-2-3-10/h4-10H,2-3H2,1H3,(H,19,20,21). The molecule has 2 aromatic heterocycles. The Hall–Kier alpha value is -2.47. The van der Waals surface area contributed by atoms with Crippen LogP contribution in [0.2, 0.25) is 0 Å². The van der Waals surface area contributed by atoms with Crippen LogP contribution in [0.4, 0.5) is 5.13 Å². The van der Waals surface area contributed by atoms with Crippen LogP contribution in [0.15, 0.2) is 35.7 Å². The third kappa shape index (κ3) is 2.90. The molecule has 1 aliphatic carbocycles. The van der Waals surface area contributed by atoms with Crippen LogP contribution in [-0.4, -0.2) is 23.0 Å². The number of anilines is 1. The molecule has 1 amide bonds. The number of benzene rings is 1. The van der Waals surface area contributed by atoms with Crippen molar-refractivity contribution in [1.82, 2.24) is 9.97 Å². The van der Waals surface area contributed by atoms with Crippen molar-refractivity contribution in [3.8, 4) is 5.75 Å². The molecule has 0 radical (unpaired) electrons. The molecule has 5 nitrogen and oxygen atoms in total. The number of carbonyl (C=O) groups is 1. The molecule has 0 atom stereocenters. The van der Waals surface area contributed by atoms with E-state index >= 15 is 0 Å². The molecule has 0 unspecified atom stereocenters. The Morgan fingerprint density at radius 2 is 2.13 bits per heavy atom. The van der Waals surface area contributed by atoms with E-state index in [1.165, 1.54) is 24.2 Å². The summed E-state index contributed by atoms with van der Waals surface area (Å²) in [6.45, 7) is 0. The largest absolute Gasteiger partial charge is 0.497 e. The van der Waals surface area contributed by atoms with Crippen LogP contribution in [0.1, 0.15) is 34.9 Å². The number of rotatable bonds is 4. The molecule has 0 spiro atoms. The summed E-state index contributed by atoms with van der Waals surface area (Å²) in [6, 6.07) is 9.16. The number of nitrogens with one attached hydrogen (secondary N) is 1. The van der Waals surface area contributed by atoms with Gasteiger partial charge in [0.1, 0.15) is 11.4 Å². The van der Waals surface area contributed by atoms with Crippen LogP contribution >= 0.6 is 11.3 Å². The maximum atomic E-state index is 12.3. The second-order valence-electron chi connectivity index (χ2n) is 5.56. The van der Waals surface area contributed by atoms with Crippen molar-refractivity contribution in [3.63, 3.8) is 0 Å². The molecule has 1 aromatic carbocycles. The van der Waals surface area contributed by atoms with Gasteiger partial charge in [-0.05, 0) is 37.1 Å². The van der Waals surface area contributed by atoms with Gasteiger partial charge in [-0.2, -0.15) is 0 Å². The Bertz CT molecular complexity index is 886. The molecule has 1 N–H and O–H groups in total. The van der Waals surface area contributed by atoms with Gasteiger partial charge in [-0.15, -0.1) is 11.3 Å². The quantitative estimate of drug-likeness (QED) is 0.792. The van der Waals surface area contributed by atoms with Crippen molar-refractivity contribution in [2.75, 3.05) is 12.4 Å². The number of ether oxygens (including phenoxy) is 1. The lowest BCUT2D eigenvalue weighted by Crippen LogP contribution is -2.13. The zero-order chi connectivity index (χ0) is 15.8. The fourth-order valence-corrected chi connectivity index (χ4v) is 3.22. The van der Waals surface area contributed by atoms with Crippen molar-refractivity contribution >= 4 is 33.3 Å². The van der Waals surface area contributed by atoms with E-state index in [2.05, 4.69) is 15.3 Å². The van der Waals surface area contributed by atoms with E-state index in [-0.39, 0.29) is 5.91 Å². The van der Waals surface area contributed by atoms with Crippen LogP contribution in [0.25, 0.3) is 10.9 Å². The lowest BCUT2D eigenvalue weighted by molar-refractivity contribution is 0.102. The molecule has 0 saturated heterocycles. The molecule has 6 heteroatoms. The molecule has 1 saturated carbocycles. The number of nitrogens with zero attached hydrogens (tertiary/aromatic N) is 2. The summed E-state index contributed by atoms with van der Waals surface area (Å²) in [5.74, 6) is 1.12. The highest BCUT2D eigenvalue weighted by Gasteiger charge is 2.26. The minimum atomic E-state index is -0.237. The van der Waals surface area contributed by atoms with Crippen molar-refractivity contribution in [1.29, 1.82) is 0 Å². The van der Waals surface area contributed by atoms with Crippen LogP contribution in [0.3, 0.4) is 0 Å². The first kappa shape index (κ1) is 14.1. The molecule has 3 aromatic rings. The number of hydrogen-bond acceptors (Lipinski definition) is 5. The molecule has 2 heterocycles. The van der Waals surface area contributed by atoms with Gasteiger partial charge in [-0.25, -0.2) is 9.97 Å². The van der Waals surface area contributed by atoms with Crippen molar-refractivity contribution in [3.05, 3.63) is 47.1 Å². The maximum Gasteiger partial charge on any atom is 0.276 e. The zero-order valence-corrected chi connectivity index (χ0v) is 13.4. The summed E-state index contributed by atoms with van der Waals surface area (Å²) in [5, 5.41) is 6.42. The highest BCUT2D eigenvalue weighted by atomic mass is 32.1. The van der Waals surface area contributed by atoms with Gasteiger partial charge >= 0.3 is 0 Å². The lowest BCUT2D eigenvalue weighted by atomic mass is 10.2. The number of pyridine rings is 1. The Labute approximate surface area is 137 Å². The fourth-order valence-electron chi connectivity index (χ4n) is 2.43. The van der Waals surface area contributed by atoms with Gasteiger partial charge in [0, 0.05) is 16.7 Å². The SMILES string of the molecule is COc1ccc2nc(C(=O)Nc3nc(C4CC4)cs3)ccc2c1. The topological polar surface area (TPSA) is 64.1 Å². The molecule has 1 aliphatic rings. The number of carbonyl (C=O) groups excluding carboxylic acids is 1. The highest BCUT2D eigenvalue weighted by Crippen LogP contribution is 2.40. The normalized spacial score (nSPS) is 14.0. The molecule has 1 fully saturated rings. The van der Waals surface area contributed by atoms with E-state index in [1.807, 2.05) is 29.6 Å². The summed E-state index contributed by atoms with van der Waals surface area (Å²) < 4.78 is 5.19. The van der Waals surface area contributed by atoms with Gasteiger partial charge in [0.05, 0.1) is 18.3 Å². The number of hydrogen-bond donors (Lipinski definition) is 1. The molecular weight excluding hydrogens is 310 g/mol. The van der Waals surface area contributed by atoms with Crippen LogP contribution in [0, 0.1) is 0 Å². The average molecular weight is 325 g/mol. The zero-order valence-electron chi connectivity index (χ0n) is 12.6. The van der Waals surface area contributed by atoms with Gasteiger partial charge in [-0.3, -0.25) is 10.1 Å². The van der Waals surface area contributed by atoms with Crippen molar-refractivity contribution < 1.29 is 9.53 Å². The van der Waals surface area contributed by atoms with Crippen LogP contribution in [-0.2, 0) is 0 Å². The summed E-state index contributed by atoms with van der Waals surface area (Å²) in [6.07, 6.45) is 2.40. The molecule has 23 heavy (non-hydrogen) atoms. The van der Waals surface area contributed by atoms with Gasteiger partial charge in [0.25, 0.3) is 5.91 Å². The molecule has 4 rings (SSSR count). The van der Waals surface area contributed by atoms with Gasteiger partial charge in [0.2, 0.25) is 0 Å². The Balaban J connectivity index is 1.55. The van der Waals surface area contributed by atoms with Gasteiger partial charge < -0.3 is 4.74 Å². The Morgan fingerprint density at radius 1 is 1.26 bits per heavy atom. The average Bonchev–Trinajstić information content (AvgIpc) is 3.33. The summed E-state index contributed by atoms with van der Waals surface area (Å²) in [5.41, 5.74) is 2.23. The predicted octanol–water partition coefficient (Wildman–Crippen LogP) is 3.83. The second kappa shape index (κ2) is 5.62. The first-order chi connectivity index (χ1) is 11.2. The minimum absolute atomic E-state index is 0.237. The van der Waals surface area contributed by atoms with E-state index in [0.717, 1.165) is 22.3 Å². The third-order valence-electron chi connectivity index (χ3n) is 3.87. The second-order valence-corrected chi connectivity index (χ2v) is 6.42. The maximum absolute atomic E-state index is 12.3. The number of methoxy groups -OCH3 is 1. The van der Waals surface area contributed by atoms with Gasteiger partial charge in [-0.1, -0.05) is 6.07 Å². The monoisotopic (exact) mass is 325 g/mol. The molecule has 116 valence electrons.